The predicted molar refractivity (Wildman–Crippen MR) is 109 cm³/mol. The van der Waals surface area contributed by atoms with E-state index in [4.69, 9.17) is 16.3 Å². The molecule has 0 atom stereocenters. The van der Waals surface area contributed by atoms with Crippen LogP contribution < -0.4 is 10.6 Å². The van der Waals surface area contributed by atoms with Crippen molar-refractivity contribution in [2.75, 3.05) is 24.7 Å². The van der Waals surface area contributed by atoms with Crippen LogP contribution in [0.3, 0.4) is 0 Å². The molecule has 0 fully saturated rings. The zero-order chi connectivity index (χ0) is 20.8. The average molecular weight is 445 g/mol. The number of ether oxygens (including phenoxy) is 1. The van der Waals surface area contributed by atoms with Gasteiger partial charge in [0.05, 0.1) is 27.8 Å². The molecule has 6 nitrogen and oxygen atoms in total. The minimum atomic E-state index is -0.611. The molecule has 2 aromatic rings. The molecule has 0 aliphatic rings. The van der Waals surface area contributed by atoms with Crippen LogP contribution in [0.5, 0.6) is 0 Å². The molecule has 0 saturated carbocycles. The minimum absolute atomic E-state index is 0.0104. The lowest BCUT2D eigenvalue weighted by Gasteiger charge is -2.07. The first-order valence-electron chi connectivity index (χ1n) is 8.18. The standard InChI is InChI=1S/C18H18ClFN2O4S2/c1-4-26-18(25)14-9(2)15(16(24)21-3)28-17(14)22-13(23)8-27-10-5-6-12(20)11(19)7-10/h5-7H,4,8H2,1-3H3,(H,21,24)(H,22,23). The number of carbonyl (C=O) groups is 3. The molecule has 0 radical (unpaired) electrons. The first-order chi connectivity index (χ1) is 13.3. The molecule has 2 amide bonds. The van der Waals surface area contributed by atoms with Gasteiger partial charge >= 0.3 is 5.97 Å². The van der Waals surface area contributed by atoms with Crippen molar-refractivity contribution in [1.82, 2.24) is 5.32 Å². The molecule has 150 valence electrons. The maximum Gasteiger partial charge on any atom is 0.341 e. The van der Waals surface area contributed by atoms with E-state index < -0.39 is 11.8 Å². The van der Waals surface area contributed by atoms with Crippen LogP contribution in [0.4, 0.5) is 9.39 Å². The summed E-state index contributed by atoms with van der Waals surface area (Å²) in [7, 11) is 1.48. The third kappa shape index (κ3) is 5.24. The Morgan fingerprint density at radius 1 is 1.32 bits per heavy atom. The Labute approximate surface area is 174 Å². The van der Waals surface area contributed by atoms with Crippen molar-refractivity contribution in [2.24, 2.45) is 0 Å². The fourth-order valence-electron chi connectivity index (χ4n) is 2.26. The van der Waals surface area contributed by atoms with E-state index in [9.17, 15) is 18.8 Å². The summed E-state index contributed by atoms with van der Waals surface area (Å²) in [5.41, 5.74) is 0.602. The number of nitrogens with one attached hydrogen (secondary N) is 2. The number of halogens is 2. The van der Waals surface area contributed by atoms with Gasteiger partial charge in [-0.3, -0.25) is 9.59 Å². The van der Waals surface area contributed by atoms with Gasteiger partial charge in [-0.1, -0.05) is 11.6 Å². The molecular weight excluding hydrogens is 427 g/mol. The molecule has 28 heavy (non-hydrogen) atoms. The van der Waals surface area contributed by atoms with Gasteiger partial charge in [0.25, 0.3) is 5.91 Å². The Morgan fingerprint density at radius 3 is 2.64 bits per heavy atom. The normalized spacial score (nSPS) is 10.5. The number of thioether (sulfide) groups is 1. The van der Waals surface area contributed by atoms with Crippen molar-refractivity contribution in [3.05, 3.63) is 45.0 Å². The van der Waals surface area contributed by atoms with Gasteiger partial charge in [0.1, 0.15) is 10.8 Å². The van der Waals surface area contributed by atoms with Gasteiger partial charge in [-0.2, -0.15) is 0 Å². The largest absolute Gasteiger partial charge is 0.462 e. The zero-order valence-corrected chi connectivity index (χ0v) is 17.7. The van der Waals surface area contributed by atoms with E-state index in [-0.39, 0.29) is 39.8 Å². The molecule has 1 heterocycles. The van der Waals surface area contributed by atoms with Crippen molar-refractivity contribution >= 4 is 57.5 Å². The number of benzene rings is 1. The van der Waals surface area contributed by atoms with Crippen molar-refractivity contribution < 1.29 is 23.5 Å². The Kier molecular flexibility index (Phi) is 7.85. The van der Waals surface area contributed by atoms with Crippen molar-refractivity contribution in [3.8, 4) is 0 Å². The highest BCUT2D eigenvalue weighted by Crippen LogP contribution is 2.34. The molecule has 0 aliphatic heterocycles. The third-order valence-electron chi connectivity index (χ3n) is 3.57. The second-order valence-electron chi connectivity index (χ2n) is 5.47. The highest BCUT2D eigenvalue weighted by atomic mass is 35.5. The van der Waals surface area contributed by atoms with E-state index in [1.807, 2.05) is 0 Å². The Morgan fingerprint density at radius 2 is 2.04 bits per heavy atom. The van der Waals surface area contributed by atoms with Crippen LogP contribution in [0.25, 0.3) is 0 Å². The lowest BCUT2D eigenvalue weighted by Crippen LogP contribution is -2.18. The quantitative estimate of drug-likeness (QED) is 0.495. The van der Waals surface area contributed by atoms with Gasteiger partial charge in [0.15, 0.2) is 0 Å². The van der Waals surface area contributed by atoms with Crippen LogP contribution in [0.1, 0.15) is 32.5 Å². The van der Waals surface area contributed by atoms with Gasteiger partial charge in [-0.25, -0.2) is 9.18 Å². The fraction of sp³-hybridized carbons (Fsp3) is 0.278. The Balaban J connectivity index is 2.18. The topological polar surface area (TPSA) is 84.5 Å². The highest BCUT2D eigenvalue weighted by molar-refractivity contribution is 8.00. The van der Waals surface area contributed by atoms with Gasteiger partial charge in [0, 0.05) is 11.9 Å². The van der Waals surface area contributed by atoms with E-state index in [1.54, 1.807) is 13.8 Å². The summed E-state index contributed by atoms with van der Waals surface area (Å²) >= 11 is 7.90. The molecule has 0 aliphatic carbocycles. The molecule has 0 spiro atoms. The molecule has 10 heteroatoms. The Hall–Kier alpha value is -2.10. The van der Waals surface area contributed by atoms with Crippen molar-refractivity contribution in [3.63, 3.8) is 0 Å². The molecule has 1 aromatic carbocycles. The van der Waals surface area contributed by atoms with Gasteiger partial charge in [-0.15, -0.1) is 23.1 Å². The number of carbonyl (C=O) groups excluding carboxylic acids is 3. The molecule has 2 rings (SSSR count). The van der Waals surface area contributed by atoms with E-state index in [1.165, 1.54) is 25.2 Å². The number of esters is 1. The van der Waals surface area contributed by atoms with Gasteiger partial charge in [0.2, 0.25) is 5.91 Å². The summed E-state index contributed by atoms with van der Waals surface area (Å²) < 4.78 is 18.2. The molecule has 0 saturated heterocycles. The summed E-state index contributed by atoms with van der Waals surface area (Å²) in [6.45, 7) is 3.46. The summed E-state index contributed by atoms with van der Waals surface area (Å²) in [4.78, 5) is 37.6. The average Bonchev–Trinajstić information content (AvgIpc) is 2.98. The number of hydrogen-bond acceptors (Lipinski definition) is 6. The first kappa shape index (κ1) is 22.2. The summed E-state index contributed by atoms with van der Waals surface area (Å²) in [5, 5.41) is 5.38. The number of amides is 2. The summed E-state index contributed by atoms with van der Waals surface area (Å²) in [5.74, 6) is -1.88. The third-order valence-corrected chi connectivity index (χ3v) is 6.06. The SMILES string of the molecule is CCOC(=O)c1c(NC(=O)CSc2ccc(F)c(Cl)c2)sc(C(=O)NC)c1C. The molecular formula is C18H18ClFN2O4S2. The smallest absolute Gasteiger partial charge is 0.341 e. The van der Waals surface area contributed by atoms with E-state index in [0.717, 1.165) is 23.1 Å². The van der Waals surface area contributed by atoms with Crippen LogP contribution >= 0.6 is 34.7 Å². The van der Waals surface area contributed by atoms with E-state index in [2.05, 4.69) is 10.6 Å². The van der Waals surface area contributed by atoms with Crippen LogP contribution in [-0.4, -0.2) is 37.2 Å². The second-order valence-corrected chi connectivity index (χ2v) is 7.95. The second kappa shape index (κ2) is 9.90. The lowest BCUT2D eigenvalue weighted by atomic mass is 10.1. The monoisotopic (exact) mass is 444 g/mol. The fourth-order valence-corrected chi connectivity index (χ4v) is 4.40. The molecule has 0 bridgehead atoms. The molecule has 1 aromatic heterocycles. The summed E-state index contributed by atoms with van der Waals surface area (Å²) in [6.07, 6.45) is 0. The number of hydrogen-bond donors (Lipinski definition) is 2. The van der Waals surface area contributed by atoms with Crippen LogP contribution in [0.2, 0.25) is 5.02 Å². The van der Waals surface area contributed by atoms with Crippen molar-refractivity contribution in [2.45, 2.75) is 18.7 Å². The maximum atomic E-state index is 13.2. The van der Waals surface area contributed by atoms with Crippen molar-refractivity contribution in [1.29, 1.82) is 0 Å². The summed E-state index contributed by atoms with van der Waals surface area (Å²) in [6, 6.07) is 4.17. The predicted octanol–water partition coefficient (Wildman–Crippen LogP) is 4.12. The van der Waals surface area contributed by atoms with Crippen LogP contribution in [-0.2, 0) is 9.53 Å². The van der Waals surface area contributed by atoms with Crippen LogP contribution in [0.15, 0.2) is 23.1 Å². The zero-order valence-electron chi connectivity index (χ0n) is 15.4. The van der Waals surface area contributed by atoms with Gasteiger partial charge in [-0.05, 0) is 37.6 Å². The first-order valence-corrected chi connectivity index (χ1v) is 10.4. The van der Waals surface area contributed by atoms with E-state index in [0.29, 0.717) is 15.3 Å². The maximum absolute atomic E-state index is 13.2. The number of anilines is 1. The Bertz CT molecular complexity index is 917. The molecule has 0 unspecified atom stereocenters. The highest BCUT2D eigenvalue weighted by Gasteiger charge is 2.26. The number of rotatable bonds is 7. The lowest BCUT2D eigenvalue weighted by molar-refractivity contribution is -0.113. The van der Waals surface area contributed by atoms with E-state index >= 15 is 0 Å². The number of thiophene rings is 1. The minimum Gasteiger partial charge on any atom is -0.462 e. The van der Waals surface area contributed by atoms with Crippen LogP contribution in [0, 0.1) is 12.7 Å². The van der Waals surface area contributed by atoms with Gasteiger partial charge < -0.3 is 15.4 Å². The molecule has 2 N–H and O–H groups in total.